The van der Waals surface area contributed by atoms with Crippen molar-refractivity contribution in [2.75, 3.05) is 11.9 Å². The molecule has 1 heterocycles. The summed E-state index contributed by atoms with van der Waals surface area (Å²) < 4.78 is 33.7. The number of carbonyl (C=O) groups excluding carboxylic acids is 3. The van der Waals surface area contributed by atoms with E-state index < -0.39 is 41.6 Å². The number of nitrogens with zero attached hydrogens (tertiary/aromatic N) is 1. The second-order valence-electron chi connectivity index (χ2n) is 8.06. The molecule has 0 bridgehead atoms. The molecule has 174 valence electrons. The molecule has 1 fully saturated rings. The number of amides is 4. The van der Waals surface area contributed by atoms with Gasteiger partial charge in [0.2, 0.25) is 5.91 Å². The first-order valence-electron chi connectivity index (χ1n) is 10.4. The van der Waals surface area contributed by atoms with Crippen LogP contribution in [0.3, 0.4) is 0 Å². The van der Waals surface area contributed by atoms with Gasteiger partial charge in [-0.1, -0.05) is 12.1 Å². The van der Waals surface area contributed by atoms with E-state index in [4.69, 9.17) is 4.74 Å². The molecule has 34 heavy (non-hydrogen) atoms. The lowest BCUT2D eigenvalue weighted by Gasteiger charge is -2.22. The molecule has 0 radical (unpaired) electrons. The van der Waals surface area contributed by atoms with Crippen molar-refractivity contribution in [3.05, 3.63) is 89.5 Å². The van der Waals surface area contributed by atoms with Gasteiger partial charge in [0.05, 0.1) is 0 Å². The highest BCUT2D eigenvalue weighted by Crippen LogP contribution is 2.31. The molecule has 1 aliphatic rings. The summed E-state index contributed by atoms with van der Waals surface area (Å²) in [5.41, 5.74) is -0.679. The number of carbonyl (C=O) groups is 3. The summed E-state index contributed by atoms with van der Waals surface area (Å²) in [5, 5.41) is 4.95. The second-order valence-corrected chi connectivity index (χ2v) is 8.06. The van der Waals surface area contributed by atoms with Crippen LogP contribution in [0.1, 0.15) is 18.1 Å². The first-order valence-corrected chi connectivity index (χ1v) is 10.4. The summed E-state index contributed by atoms with van der Waals surface area (Å²) in [4.78, 5) is 38.4. The standard InChI is InChI=1S/C25H21F2N3O4/c1-15-4-3-5-19(12-15)34-18-9-7-17(8-10-18)28-22(31)14-30-23(32)25(2,29-24(30)33)20-13-16(26)6-11-21(20)27/h3-13H,14H2,1-2H3,(H,28,31)(H,29,33). The van der Waals surface area contributed by atoms with E-state index in [1.165, 1.54) is 6.92 Å². The van der Waals surface area contributed by atoms with Gasteiger partial charge in [0.25, 0.3) is 5.91 Å². The van der Waals surface area contributed by atoms with E-state index in [-0.39, 0.29) is 5.56 Å². The SMILES string of the molecule is Cc1cccc(Oc2ccc(NC(=O)CN3C(=O)NC(C)(c4cc(F)ccc4F)C3=O)cc2)c1. The first kappa shape index (κ1) is 22.9. The predicted octanol–water partition coefficient (Wildman–Crippen LogP) is 4.47. The summed E-state index contributed by atoms with van der Waals surface area (Å²) in [6, 6.07) is 15.8. The molecule has 0 aromatic heterocycles. The van der Waals surface area contributed by atoms with Gasteiger partial charge in [0.1, 0.15) is 35.2 Å². The van der Waals surface area contributed by atoms with Crippen LogP contribution in [0.4, 0.5) is 19.3 Å². The van der Waals surface area contributed by atoms with Gasteiger partial charge in [-0.15, -0.1) is 0 Å². The lowest BCUT2D eigenvalue weighted by atomic mass is 9.91. The molecule has 4 amide bonds. The van der Waals surface area contributed by atoms with Crippen molar-refractivity contribution in [3.8, 4) is 11.5 Å². The number of nitrogens with one attached hydrogen (secondary N) is 2. The number of aryl methyl sites for hydroxylation is 1. The molecule has 2 N–H and O–H groups in total. The zero-order chi connectivity index (χ0) is 24.5. The van der Waals surface area contributed by atoms with Crippen LogP contribution in [-0.4, -0.2) is 29.3 Å². The van der Waals surface area contributed by atoms with E-state index >= 15 is 0 Å². The molecule has 7 nitrogen and oxygen atoms in total. The molecular weight excluding hydrogens is 444 g/mol. The summed E-state index contributed by atoms with van der Waals surface area (Å²) in [5.74, 6) is -1.87. The van der Waals surface area contributed by atoms with E-state index in [0.29, 0.717) is 22.1 Å². The van der Waals surface area contributed by atoms with Crippen molar-refractivity contribution in [1.29, 1.82) is 0 Å². The molecule has 1 atom stereocenters. The summed E-state index contributed by atoms with van der Waals surface area (Å²) in [7, 11) is 0. The molecule has 1 unspecified atom stereocenters. The number of imide groups is 1. The molecule has 1 saturated heterocycles. The van der Waals surface area contributed by atoms with E-state index in [2.05, 4.69) is 10.6 Å². The van der Waals surface area contributed by atoms with Crippen LogP contribution in [0.5, 0.6) is 11.5 Å². The number of ether oxygens (including phenoxy) is 1. The van der Waals surface area contributed by atoms with Crippen molar-refractivity contribution in [2.45, 2.75) is 19.4 Å². The van der Waals surface area contributed by atoms with E-state index in [9.17, 15) is 23.2 Å². The van der Waals surface area contributed by atoms with Crippen molar-refractivity contribution >= 4 is 23.5 Å². The van der Waals surface area contributed by atoms with Crippen molar-refractivity contribution in [3.63, 3.8) is 0 Å². The molecular formula is C25H21F2N3O4. The average molecular weight is 465 g/mol. The lowest BCUT2D eigenvalue weighted by molar-refractivity contribution is -0.133. The zero-order valence-electron chi connectivity index (χ0n) is 18.4. The fourth-order valence-corrected chi connectivity index (χ4v) is 3.67. The third kappa shape index (κ3) is 4.59. The summed E-state index contributed by atoms with van der Waals surface area (Å²) >= 11 is 0. The van der Waals surface area contributed by atoms with Crippen molar-refractivity contribution < 1.29 is 27.9 Å². The maximum Gasteiger partial charge on any atom is 0.325 e. The fourth-order valence-electron chi connectivity index (χ4n) is 3.67. The van der Waals surface area contributed by atoms with E-state index in [1.807, 2.05) is 31.2 Å². The minimum atomic E-state index is -1.83. The van der Waals surface area contributed by atoms with Crippen LogP contribution in [0, 0.1) is 18.6 Å². The normalized spacial score (nSPS) is 17.5. The number of anilines is 1. The van der Waals surface area contributed by atoms with E-state index in [1.54, 1.807) is 24.3 Å². The second kappa shape index (κ2) is 8.93. The van der Waals surface area contributed by atoms with Gasteiger partial charge in [0.15, 0.2) is 0 Å². The minimum absolute atomic E-state index is 0.321. The molecule has 0 aliphatic carbocycles. The fraction of sp³-hybridized carbons (Fsp3) is 0.160. The quantitative estimate of drug-likeness (QED) is 0.526. The highest BCUT2D eigenvalue weighted by Gasteiger charge is 2.50. The Bertz CT molecular complexity index is 1280. The number of urea groups is 1. The average Bonchev–Trinajstić information content (AvgIpc) is 3.00. The number of halogens is 2. The van der Waals surface area contributed by atoms with Crippen molar-refractivity contribution in [2.24, 2.45) is 0 Å². The monoisotopic (exact) mass is 465 g/mol. The summed E-state index contributed by atoms with van der Waals surface area (Å²) in [6.07, 6.45) is 0. The topological polar surface area (TPSA) is 87.7 Å². The lowest BCUT2D eigenvalue weighted by Crippen LogP contribution is -2.42. The summed E-state index contributed by atoms with van der Waals surface area (Å²) in [6.45, 7) is 2.61. The molecule has 3 aromatic carbocycles. The Morgan fingerprint density at radius 1 is 1.03 bits per heavy atom. The third-order valence-electron chi connectivity index (χ3n) is 5.41. The van der Waals surface area contributed by atoms with Gasteiger partial charge >= 0.3 is 6.03 Å². The Kier molecular flexibility index (Phi) is 6.02. The smallest absolute Gasteiger partial charge is 0.325 e. The van der Waals surface area contributed by atoms with Gasteiger partial charge in [0, 0.05) is 11.3 Å². The third-order valence-corrected chi connectivity index (χ3v) is 5.41. The zero-order valence-corrected chi connectivity index (χ0v) is 18.4. The Labute approximate surface area is 194 Å². The maximum atomic E-state index is 14.3. The Hall–Kier alpha value is -4.27. The Balaban J connectivity index is 1.41. The molecule has 3 aromatic rings. The van der Waals surface area contributed by atoms with Crippen LogP contribution >= 0.6 is 0 Å². The van der Waals surface area contributed by atoms with Gasteiger partial charge in [-0.2, -0.15) is 0 Å². The van der Waals surface area contributed by atoms with Gasteiger partial charge in [-0.3, -0.25) is 14.5 Å². The van der Waals surface area contributed by atoms with Gasteiger partial charge in [-0.25, -0.2) is 13.6 Å². The van der Waals surface area contributed by atoms with Gasteiger partial charge in [-0.05, 0) is 74.0 Å². The minimum Gasteiger partial charge on any atom is -0.457 e. The molecule has 4 rings (SSSR count). The molecule has 0 saturated carbocycles. The van der Waals surface area contributed by atoms with Crippen LogP contribution in [-0.2, 0) is 15.1 Å². The van der Waals surface area contributed by atoms with Crippen LogP contribution < -0.4 is 15.4 Å². The Morgan fingerprint density at radius 3 is 2.47 bits per heavy atom. The number of benzene rings is 3. The number of hydrogen-bond acceptors (Lipinski definition) is 4. The Morgan fingerprint density at radius 2 is 1.76 bits per heavy atom. The van der Waals surface area contributed by atoms with Crippen LogP contribution in [0.15, 0.2) is 66.7 Å². The first-order chi connectivity index (χ1) is 16.2. The number of rotatable bonds is 6. The molecule has 9 heteroatoms. The molecule has 1 aliphatic heterocycles. The largest absolute Gasteiger partial charge is 0.457 e. The number of hydrogen-bond donors (Lipinski definition) is 2. The highest BCUT2D eigenvalue weighted by atomic mass is 19.1. The van der Waals surface area contributed by atoms with Crippen molar-refractivity contribution in [1.82, 2.24) is 10.2 Å². The highest BCUT2D eigenvalue weighted by molar-refractivity contribution is 6.10. The van der Waals surface area contributed by atoms with Crippen LogP contribution in [0.25, 0.3) is 0 Å². The van der Waals surface area contributed by atoms with Crippen LogP contribution in [0.2, 0.25) is 0 Å². The maximum absolute atomic E-state index is 14.3. The molecule has 0 spiro atoms. The van der Waals surface area contributed by atoms with Gasteiger partial charge < -0.3 is 15.4 Å². The predicted molar refractivity (Wildman–Crippen MR) is 120 cm³/mol. The van der Waals surface area contributed by atoms with E-state index in [0.717, 1.165) is 23.8 Å².